The molecule has 114 valence electrons. The van der Waals surface area contributed by atoms with Crippen LogP contribution in [0, 0.1) is 0 Å². The molecule has 0 saturated carbocycles. The van der Waals surface area contributed by atoms with Gasteiger partial charge in [-0.15, -0.1) is 22.7 Å². The van der Waals surface area contributed by atoms with E-state index < -0.39 is 0 Å². The molecule has 4 nitrogen and oxygen atoms in total. The van der Waals surface area contributed by atoms with Crippen LogP contribution in [-0.4, -0.2) is 40.6 Å². The van der Waals surface area contributed by atoms with E-state index in [1.54, 1.807) is 23.3 Å². The number of nitrogens with zero attached hydrogens (tertiary/aromatic N) is 2. The van der Waals surface area contributed by atoms with Crippen LogP contribution in [0.5, 0.6) is 0 Å². The third-order valence-corrected chi connectivity index (χ3v) is 5.85. The molecule has 0 radical (unpaired) electrons. The van der Waals surface area contributed by atoms with Crippen molar-refractivity contribution in [3.8, 4) is 9.88 Å². The monoisotopic (exact) mass is 332 g/mol. The Morgan fingerprint density at radius 3 is 2.77 bits per heavy atom. The first-order valence-corrected chi connectivity index (χ1v) is 8.57. The molecule has 3 rings (SSSR count). The summed E-state index contributed by atoms with van der Waals surface area (Å²) in [7, 11) is 1.71. The minimum absolute atomic E-state index is 0.0433. The van der Waals surface area contributed by atoms with Crippen LogP contribution in [0.15, 0.2) is 36.4 Å². The first-order valence-electron chi connectivity index (χ1n) is 6.94. The minimum atomic E-state index is -0.194. The van der Waals surface area contributed by atoms with E-state index in [0.717, 1.165) is 20.1 Å². The van der Waals surface area contributed by atoms with Gasteiger partial charge in [0.05, 0.1) is 32.6 Å². The van der Waals surface area contributed by atoms with E-state index in [4.69, 9.17) is 5.11 Å². The summed E-state index contributed by atoms with van der Waals surface area (Å²) in [6.45, 7) is 1.78. The number of fused-ring (bicyclic) bond motifs is 1. The minimum Gasteiger partial charge on any atom is -0.394 e. The highest BCUT2D eigenvalue weighted by molar-refractivity contribution is 7.26. The van der Waals surface area contributed by atoms with E-state index in [9.17, 15) is 4.79 Å². The van der Waals surface area contributed by atoms with Gasteiger partial charge in [0, 0.05) is 7.05 Å². The van der Waals surface area contributed by atoms with Crippen molar-refractivity contribution in [3.05, 3.63) is 41.3 Å². The van der Waals surface area contributed by atoms with E-state index in [0.29, 0.717) is 4.88 Å². The van der Waals surface area contributed by atoms with Gasteiger partial charge < -0.3 is 10.0 Å². The van der Waals surface area contributed by atoms with Gasteiger partial charge in [-0.1, -0.05) is 12.1 Å². The number of carbonyl (C=O) groups excluding carboxylic acids is 1. The Hall–Kier alpha value is -1.76. The number of thiophene rings is 1. The molecule has 0 bridgehead atoms. The van der Waals surface area contributed by atoms with Crippen LogP contribution in [0.1, 0.15) is 16.6 Å². The average molecular weight is 332 g/mol. The van der Waals surface area contributed by atoms with Crippen molar-refractivity contribution in [2.24, 2.45) is 0 Å². The summed E-state index contributed by atoms with van der Waals surface area (Å²) in [5.41, 5.74) is 0.981. The number of para-hydroxylation sites is 1. The Balaban J connectivity index is 1.88. The number of aliphatic hydroxyl groups is 1. The number of hydrogen-bond acceptors (Lipinski definition) is 5. The third-order valence-electron chi connectivity index (χ3n) is 3.57. The topological polar surface area (TPSA) is 53.4 Å². The molecule has 0 spiro atoms. The second-order valence-corrected chi connectivity index (χ2v) is 7.21. The van der Waals surface area contributed by atoms with Crippen LogP contribution in [-0.2, 0) is 0 Å². The van der Waals surface area contributed by atoms with Crippen molar-refractivity contribution in [2.75, 3.05) is 13.7 Å². The lowest BCUT2D eigenvalue weighted by molar-refractivity contribution is 0.0687. The van der Waals surface area contributed by atoms with Crippen molar-refractivity contribution in [1.82, 2.24) is 9.88 Å². The second-order valence-electron chi connectivity index (χ2n) is 5.10. The number of aliphatic hydroxyl groups excluding tert-OH is 1. The molecular formula is C16H16N2O2S2. The molecule has 2 heterocycles. The molecule has 1 N–H and O–H groups in total. The predicted molar refractivity (Wildman–Crippen MR) is 91.6 cm³/mol. The number of aromatic nitrogens is 1. The van der Waals surface area contributed by atoms with Crippen LogP contribution in [0.4, 0.5) is 0 Å². The van der Waals surface area contributed by atoms with Crippen LogP contribution in [0.2, 0.25) is 0 Å². The molecule has 1 atom stereocenters. The highest BCUT2D eigenvalue weighted by atomic mass is 32.1. The van der Waals surface area contributed by atoms with Crippen LogP contribution in [0.25, 0.3) is 20.1 Å². The lowest BCUT2D eigenvalue weighted by atomic mass is 10.3. The molecule has 0 aliphatic rings. The summed E-state index contributed by atoms with van der Waals surface area (Å²) in [5, 5.41) is 10.1. The molecular weight excluding hydrogens is 316 g/mol. The summed E-state index contributed by atoms with van der Waals surface area (Å²) in [4.78, 5) is 20.2. The highest BCUT2D eigenvalue weighted by Crippen LogP contribution is 2.34. The molecule has 0 saturated heterocycles. The van der Waals surface area contributed by atoms with Crippen LogP contribution >= 0.6 is 22.7 Å². The molecule has 0 fully saturated rings. The lowest BCUT2D eigenvalue weighted by Crippen LogP contribution is -2.36. The summed E-state index contributed by atoms with van der Waals surface area (Å²) >= 11 is 3.07. The van der Waals surface area contributed by atoms with Crippen molar-refractivity contribution < 1.29 is 9.90 Å². The first kappa shape index (κ1) is 15.1. The zero-order valence-electron chi connectivity index (χ0n) is 12.3. The molecule has 2 aromatic heterocycles. The van der Waals surface area contributed by atoms with E-state index in [2.05, 4.69) is 4.98 Å². The Morgan fingerprint density at radius 1 is 1.27 bits per heavy atom. The Bertz CT molecular complexity index is 776. The van der Waals surface area contributed by atoms with Crippen molar-refractivity contribution in [3.63, 3.8) is 0 Å². The van der Waals surface area contributed by atoms with Crippen molar-refractivity contribution >= 4 is 38.8 Å². The molecule has 6 heteroatoms. The number of carbonyl (C=O) groups is 1. The fourth-order valence-electron chi connectivity index (χ4n) is 2.04. The predicted octanol–water partition coefficient (Wildman–Crippen LogP) is 3.48. The Labute approximate surface area is 136 Å². The summed E-state index contributed by atoms with van der Waals surface area (Å²) in [6.07, 6.45) is 0. The number of benzene rings is 1. The maximum atomic E-state index is 12.4. The maximum absolute atomic E-state index is 12.4. The molecule has 0 aliphatic carbocycles. The SMILES string of the molecule is CC(CO)N(C)C(=O)c1ccc(-c2nc3ccccc3s2)s1. The number of rotatable bonds is 4. The van der Waals surface area contributed by atoms with Gasteiger partial charge in [-0.2, -0.15) is 0 Å². The number of amides is 1. The van der Waals surface area contributed by atoms with Crippen LogP contribution < -0.4 is 0 Å². The van der Waals surface area contributed by atoms with Gasteiger partial charge in [0.1, 0.15) is 5.01 Å². The maximum Gasteiger partial charge on any atom is 0.264 e. The van der Waals surface area contributed by atoms with Gasteiger partial charge in [-0.25, -0.2) is 4.98 Å². The molecule has 1 aromatic carbocycles. The normalized spacial score (nSPS) is 12.5. The average Bonchev–Trinajstić information content (AvgIpc) is 3.18. The number of thiazole rings is 1. The van der Waals surface area contributed by atoms with Gasteiger partial charge in [-0.05, 0) is 31.2 Å². The Kier molecular flexibility index (Phi) is 4.24. The second kappa shape index (κ2) is 6.16. The highest BCUT2D eigenvalue weighted by Gasteiger charge is 2.19. The zero-order chi connectivity index (χ0) is 15.7. The summed E-state index contributed by atoms with van der Waals surface area (Å²) in [6, 6.07) is 11.6. The fourth-order valence-corrected chi connectivity index (χ4v) is 4.05. The fraction of sp³-hybridized carbons (Fsp3) is 0.250. The third kappa shape index (κ3) is 2.77. The van der Waals surface area contributed by atoms with E-state index in [-0.39, 0.29) is 18.6 Å². The van der Waals surface area contributed by atoms with E-state index >= 15 is 0 Å². The number of hydrogen-bond donors (Lipinski definition) is 1. The lowest BCUT2D eigenvalue weighted by Gasteiger charge is -2.22. The number of likely N-dealkylation sites (N-methyl/N-ethyl adjacent to an activating group) is 1. The van der Waals surface area contributed by atoms with Gasteiger partial charge in [-0.3, -0.25) is 4.79 Å². The summed E-state index contributed by atoms with van der Waals surface area (Å²) in [5.74, 6) is -0.0705. The molecule has 0 aliphatic heterocycles. The quantitative estimate of drug-likeness (QED) is 0.796. The van der Waals surface area contributed by atoms with Crippen molar-refractivity contribution in [2.45, 2.75) is 13.0 Å². The zero-order valence-corrected chi connectivity index (χ0v) is 13.9. The Morgan fingerprint density at radius 2 is 2.05 bits per heavy atom. The first-order chi connectivity index (χ1) is 10.6. The van der Waals surface area contributed by atoms with E-state index in [1.807, 2.05) is 43.3 Å². The summed E-state index contributed by atoms with van der Waals surface area (Å²) < 4.78 is 1.14. The van der Waals surface area contributed by atoms with Gasteiger partial charge in [0.15, 0.2) is 0 Å². The van der Waals surface area contributed by atoms with Crippen molar-refractivity contribution in [1.29, 1.82) is 0 Å². The smallest absolute Gasteiger partial charge is 0.264 e. The molecule has 3 aromatic rings. The van der Waals surface area contributed by atoms with Gasteiger partial charge in [0.25, 0.3) is 5.91 Å². The standard InChI is InChI=1S/C16H16N2O2S2/c1-10(9-19)18(2)16(20)14-8-7-13(21-14)15-17-11-5-3-4-6-12(11)22-15/h3-8,10,19H,9H2,1-2H3. The van der Waals surface area contributed by atoms with E-state index in [1.165, 1.54) is 11.3 Å². The molecule has 1 unspecified atom stereocenters. The molecule has 22 heavy (non-hydrogen) atoms. The van der Waals surface area contributed by atoms with Crippen LogP contribution in [0.3, 0.4) is 0 Å². The largest absolute Gasteiger partial charge is 0.394 e. The van der Waals surface area contributed by atoms with Gasteiger partial charge >= 0.3 is 0 Å². The van der Waals surface area contributed by atoms with Gasteiger partial charge in [0.2, 0.25) is 0 Å². The molecule has 1 amide bonds.